The van der Waals surface area contributed by atoms with Crippen molar-refractivity contribution < 1.29 is 14.6 Å². The summed E-state index contributed by atoms with van der Waals surface area (Å²) in [6.45, 7) is 7.13. The number of aliphatic hydroxyl groups excluding tert-OH is 1. The Hall–Kier alpha value is -2.33. The van der Waals surface area contributed by atoms with Gasteiger partial charge in [-0.15, -0.1) is 0 Å². The summed E-state index contributed by atoms with van der Waals surface area (Å²) in [7, 11) is 0. The third-order valence-corrected chi connectivity index (χ3v) is 3.54. The van der Waals surface area contributed by atoms with Crippen LogP contribution in [-0.2, 0) is 4.74 Å². The van der Waals surface area contributed by atoms with Crippen molar-refractivity contribution in [3.05, 3.63) is 54.6 Å². The first-order chi connectivity index (χ1) is 11.3. The van der Waals surface area contributed by atoms with E-state index in [1.54, 1.807) is 6.92 Å². The van der Waals surface area contributed by atoms with Gasteiger partial charge in [-0.2, -0.15) is 0 Å². The molecule has 0 aliphatic carbocycles. The lowest BCUT2D eigenvalue weighted by Crippen LogP contribution is -2.44. The highest BCUT2D eigenvalue weighted by atomic mass is 16.6. The predicted molar refractivity (Wildman–Crippen MR) is 97.1 cm³/mol. The summed E-state index contributed by atoms with van der Waals surface area (Å²) >= 11 is 0. The van der Waals surface area contributed by atoms with Crippen LogP contribution in [-0.4, -0.2) is 29.4 Å². The zero-order chi connectivity index (χ0) is 17.7. The van der Waals surface area contributed by atoms with E-state index < -0.39 is 17.7 Å². The number of rotatable bonds is 4. The summed E-state index contributed by atoms with van der Waals surface area (Å²) in [5.74, 6) is 0. The van der Waals surface area contributed by atoms with Crippen molar-refractivity contribution in [2.45, 2.75) is 39.3 Å². The molecule has 0 aliphatic heterocycles. The number of carbonyl (C=O) groups excluding carboxylic acids is 1. The van der Waals surface area contributed by atoms with E-state index >= 15 is 0 Å². The second-order valence-corrected chi connectivity index (χ2v) is 6.77. The zero-order valence-corrected chi connectivity index (χ0v) is 14.7. The number of amides is 1. The van der Waals surface area contributed by atoms with Crippen LogP contribution in [0.3, 0.4) is 0 Å². The van der Waals surface area contributed by atoms with Gasteiger partial charge in [-0.05, 0) is 39.3 Å². The minimum atomic E-state index is -0.605. The number of aliphatic hydroxyl groups is 1. The third-order valence-electron chi connectivity index (χ3n) is 3.54. The van der Waals surface area contributed by atoms with E-state index in [9.17, 15) is 9.90 Å². The second-order valence-electron chi connectivity index (χ2n) is 6.77. The standard InChI is InChI=1S/C20H25NO3/c1-15(14-22)21(19(23)24-20(2,3)4)18-13-9-8-12-17(18)16-10-6-5-7-11-16/h5-13,15,22H,14H2,1-4H3/t15-/m1/s1. The van der Waals surface area contributed by atoms with Crippen LogP contribution in [0.2, 0.25) is 0 Å². The molecular weight excluding hydrogens is 302 g/mol. The van der Waals surface area contributed by atoms with Gasteiger partial charge in [0.15, 0.2) is 0 Å². The van der Waals surface area contributed by atoms with E-state index in [4.69, 9.17) is 4.74 Å². The Morgan fingerprint density at radius 2 is 1.67 bits per heavy atom. The number of para-hydroxylation sites is 1. The van der Waals surface area contributed by atoms with Gasteiger partial charge in [0.25, 0.3) is 0 Å². The number of hydrogen-bond acceptors (Lipinski definition) is 3. The highest BCUT2D eigenvalue weighted by Crippen LogP contribution is 2.32. The molecule has 0 saturated heterocycles. The van der Waals surface area contributed by atoms with Gasteiger partial charge in [-0.3, -0.25) is 4.90 Å². The summed E-state index contributed by atoms with van der Waals surface area (Å²) < 4.78 is 5.54. The quantitative estimate of drug-likeness (QED) is 0.901. The highest BCUT2D eigenvalue weighted by Gasteiger charge is 2.28. The Morgan fingerprint density at radius 1 is 1.08 bits per heavy atom. The molecule has 1 atom stereocenters. The molecule has 2 aromatic rings. The molecule has 0 aliphatic rings. The molecule has 4 nitrogen and oxygen atoms in total. The van der Waals surface area contributed by atoms with E-state index in [0.717, 1.165) is 16.8 Å². The third kappa shape index (κ3) is 4.36. The Bertz CT molecular complexity index is 677. The van der Waals surface area contributed by atoms with Crippen LogP contribution >= 0.6 is 0 Å². The molecule has 24 heavy (non-hydrogen) atoms. The van der Waals surface area contributed by atoms with Crippen LogP contribution in [0.5, 0.6) is 0 Å². The fraction of sp³-hybridized carbons (Fsp3) is 0.350. The van der Waals surface area contributed by atoms with Crippen molar-refractivity contribution in [2.75, 3.05) is 11.5 Å². The van der Waals surface area contributed by atoms with Gasteiger partial charge >= 0.3 is 6.09 Å². The molecule has 1 amide bonds. The minimum Gasteiger partial charge on any atom is -0.443 e. The summed E-state index contributed by atoms with van der Waals surface area (Å²) in [4.78, 5) is 14.3. The molecule has 128 valence electrons. The van der Waals surface area contributed by atoms with Crippen LogP contribution in [0.1, 0.15) is 27.7 Å². The van der Waals surface area contributed by atoms with Gasteiger partial charge in [0.1, 0.15) is 5.60 Å². The van der Waals surface area contributed by atoms with Crippen molar-refractivity contribution in [2.24, 2.45) is 0 Å². The van der Waals surface area contributed by atoms with Crippen LogP contribution in [0.4, 0.5) is 10.5 Å². The van der Waals surface area contributed by atoms with E-state index in [0.29, 0.717) is 0 Å². The monoisotopic (exact) mass is 327 g/mol. The predicted octanol–water partition coefficient (Wildman–Crippen LogP) is 4.48. The lowest BCUT2D eigenvalue weighted by atomic mass is 10.0. The number of ether oxygens (including phenoxy) is 1. The van der Waals surface area contributed by atoms with Gasteiger partial charge in [-0.1, -0.05) is 48.5 Å². The molecule has 4 heteroatoms. The maximum atomic E-state index is 12.7. The molecule has 0 bridgehead atoms. The first-order valence-electron chi connectivity index (χ1n) is 8.11. The van der Waals surface area contributed by atoms with E-state index in [-0.39, 0.29) is 6.61 Å². The Kier molecular flexibility index (Phi) is 5.62. The maximum Gasteiger partial charge on any atom is 0.415 e. The maximum absolute atomic E-state index is 12.7. The van der Waals surface area contributed by atoms with Gasteiger partial charge in [0, 0.05) is 5.56 Å². The smallest absolute Gasteiger partial charge is 0.415 e. The van der Waals surface area contributed by atoms with Gasteiger partial charge in [-0.25, -0.2) is 4.79 Å². The molecule has 0 heterocycles. The molecule has 0 spiro atoms. The summed E-state index contributed by atoms with van der Waals surface area (Å²) in [5.41, 5.74) is 2.04. The van der Waals surface area contributed by atoms with Crippen molar-refractivity contribution in [3.8, 4) is 11.1 Å². The average Bonchev–Trinajstić information content (AvgIpc) is 2.54. The lowest BCUT2D eigenvalue weighted by Gasteiger charge is -2.32. The number of nitrogens with zero attached hydrogens (tertiary/aromatic N) is 1. The first kappa shape index (κ1) is 18.0. The van der Waals surface area contributed by atoms with Crippen molar-refractivity contribution in [1.82, 2.24) is 0 Å². The molecule has 2 rings (SSSR count). The largest absolute Gasteiger partial charge is 0.443 e. The number of carbonyl (C=O) groups is 1. The zero-order valence-electron chi connectivity index (χ0n) is 14.7. The van der Waals surface area contributed by atoms with E-state index in [2.05, 4.69) is 0 Å². The number of benzene rings is 2. The molecule has 0 unspecified atom stereocenters. The summed E-state index contributed by atoms with van der Waals surface area (Å²) in [6.07, 6.45) is -0.465. The van der Waals surface area contributed by atoms with Gasteiger partial charge in [0.05, 0.1) is 18.3 Å². The molecular formula is C20H25NO3. The van der Waals surface area contributed by atoms with Crippen LogP contribution in [0, 0.1) is 0 Å². The van der Waals surface area contributed by atoms with Gasteiger partial charge < -0.3 is 9.84 Å². The normalized spacial score (nSPS) is 12.5. The number of hydrogen-bond donors (Lipinski definition) is 1. The van der Waals surface area contributed by atoms with E-state index in [1.807, 2.05) is 75.4 Å². The number of anilines is 1. The Morgan fingerprint density at radius 3 is 2.25 bits per heavy atom. The molecule has 1 N–H and O–H groups in total. The van der Waals surface area contributed by atoms with Crippen molar-refractivity contribution in [3.63, 3.8) is 0 Å². The summed E-state index contributed by atoms with van der Waals surface area (Å²) in [5, 5.41) is 9.63. The van der Waals surface area contributed by atoms with E-state index in [1.165, 1.54) is 4.90 Å². The molecule has 0 aromatic heterocycles. The topological polar surface area (TPSA) is 49.8 Å². The van der Waals surface area contributed by atoms with Crippen LogP contribution in [0.25, 0.3) is 11.1 Å². The van der Waals surface area contributed by atoms with Crippen LogP contribution < -0.4 is 4.90 Å². The fourth-order valence-corrected chi connectivity index (χ4v) is 2.45. The Labute approximate surface area is 143 Å². The highest BCUT2D eigenvalue weighted by molar-refractivity contribution is 5.94. The average molecular weight is 327 g/mol. The molecule has 0 fully saturated rings. The van der Waals surface area contributed by atoms with Crippen molar-refractivity contribution in [1.29, 1.82) is 0 Å². The minimum absolute atomic E-state index is 0.150. The molecule has 0 saturated carbocycles. The second kappa shape index (κ2) is 7.49. The van der Waals surface area contributed by atoms with Crippen LogP contribution in [0.15, 0.2) is 54.6 Å². The summed E-state index contributed by atoms with van der Waals surface area (Å²) in [6, 6.07) is 17.1. The molecule has 0 radical (unpaired) electrons. The van der Waals surface area contributed by atoms with Gasteiger partial charge in [0.2, 0.25) is 0 Å². The SMILES string of the molecule is C[C@H](CO)N(C(=O)OC(C)(C)C)c1ccccc1-c1ccccc1. The first-order valence-corrected chi connectivity index (χ1v) is 8.11. The van der Waals surface area contributed by atoms with Crippen molar-refractivity contribution >= 4 is 11.8 Å². The molecule has 2 aromatic carbocycles. The lowest BCUT2D eigenvalue weighted by molar-refractivity contribution is 0.0555. The fourth-order valence-electron chi connectivity index (χ4n) is 2.45. The Balaban J connectivity index is 2.50.